The summed E-state index contributed by atoms with van der Waals surface area (Å²) in [5.74, 6) is 0.758. The number of nitrogens with one attached hydrogen (secondary N) is 1. The number of hydrogen-bond acceptors (Lipinski definition) is 3. The third kappa shape index (κ3) is 4.92. The van der Waals surface area contributed by atoms with Crippen molar-refractivity contribution in [3.8, 4) is 0 Å². The smallest absolute Gasteiger partial charge is 0.0368 e. The average Bonchev–Trinajstić information content (AvgIpc) is 2.48. The average molecular weight is 289 g/mol. The Morgan fingerprint density at radius 3 is 2.10 bits per heavy atom. The van der Waals surface area contributed by atoms with Gasteiger partial charge in [-0.1, -0.05) is 13.8 Å². The Labute approximate surface area is 130 Å². The summed E-state index contributed by atoms with van der Waals surface area (Å²) in [6.45, 7) is 14.8. The van der Waals surface area contributed by atoms with Gasteiger partial charge in [-0.05, 0) is 50.5 Å². The molecule has 1 aromatic rings. The quantitative estimate of drug-likeness (QED) is 0.862. The Hall–Kier alpha value is -1.22. The summed E-state index contributed by atoms with van der Waals surface area (Å²) in [5, 5.41) is 3.50. The standard InChI is InChI=1S/C18H31N3/c1-15(2)9-10-19-17-5-7-18(8-6-17)21-13-11-20(12-14-21)16(3)4/h5-8,15-16,19H,9-14H2,1-4H3. The van der Waals surface area contributed by atoms with Gasteiger partial charge in [0.05, 0.1) is 0 Å². The Kier molecular flexibility index (Phi) is 5.92. The second kappa shape index (κ2) is 7.69. The Morgan fingerprint density at radius 1 is 0.952 bits per heavy atom. The molecule has 1 aromatic carbocycles. The summed E-state index contributed by atoms with van der Waals surface area (Å²) in [7, 11) is 0. The fraction of sp³-hybridized carbons (Fsp3) is 0.667. The van der Waals surface area contributed by atoms with Gasteiger partial charge in [0.2, 0.25) is 0 Å². The predicted octanol–water partition coefficient (Wildman–Crippen LogP) is 3.68. The zero-order chi connectivity index (χ0) is 15.2. The lowest BCUT2D eigenvalue weighted by atomic mass is 10.1. The van der Waals surface area contributed by atoms with Crippen molar-refractivity contribution in [2.45, 2.75) is 40.2 Å². The van der Waals surface area contributed by atoms with Crippen LogP contribution < -0.4 is 10.2 Å². The molecular weight excluding hydrogens is 258 g/mol. The van der Waals surface area contributed by atoms with Crippen LogP contribution in [-0.2, 0) is 0 Å². The molecule has 21 heavy (non-hydrogen) atoms. The van der Waals surface area contributed by atoms with Crippen LogP contribution >= 0.6 is 0 Å². The molecule has 1 N–H and O–H groups in total. The van der Waals surface area contributed by atoms with Crippen LogP contribution in [0.5, 0.6) is 0 Å². The van der Waals surface area contributed by atoms with E-state index in [1.807, 2.05) is 0 Å². The number of piperazine rings is 1. The molecule has 3 nitrogen and oxygen atoms in total. The van der Waals surface area contributed by atoms with Gasteiger partial charge in [0, 0.05) is 50.1 Å². The highest BCUT2D eigenvalue weighted by molar-refractivity contribution is 5.55. The first-order valence-electron chi connectivity index (χ1n) is 8.39. The monoisotopic (exact) mass is 289 g/mol. The summed E-state index contributed by atoms with van der Waals surface area (Å²) < 4.78 is 0. The van der Waals surface area contributed by atoms with Gasteiger partial charge in [-0.15, -0.1) is 0 Å². The van der Waals surface area contributed by atoms with E-state index in [9.17, 15) is 0 Å². The van der Waals surface area contributed by atoms with E-state index >= 15 is 0 Å². The molecular formula is C18H31N3. The van der Waals surface area contributed by atoms with Crippen LogP contribution in [0.3, 0.4) is 0 Å². The summed E-state index contributed by atoms with van der Waals surface area (Å²) in [4.78, 5) is 5.05. The van der Waals surface area contributed by atoms with Gasteiger partial charge < -0.3 is 10.2 Å². The molecule has 1 aliphatic rings. The molecule has 0 bridgehead atoms. The molecule has 1 aliphatic heterocycles. The van der Waals surface area contributed by atoms with Gasteiger partial charge in [-0.25, -0.2) is 0 Å². The maximum absolute atomic E-state index is 3.50. The van der Waals surface area contributed by atoms with Crippen LogP contribution in [0.4, 0.5) is 11.4 Å². The van der Waals surface area contributed by atoms with Crippen LogP contribution in [0.25, 0.3) is 0 Å². The van der Waals surface area contributed by atoms with Gasteiger partial charge >= 0.3 is 0 Å². The minimum absolute atomic E-state index is 0.666. The van der Waals surface area contributed by atoms with E-state index in [2.05, 4.69) is 67.1 Å². The number of nitrogens with zero attached hydrogens (tertiary/aromatic N) is 2. The van der Waals surface area contributed by atoms with Crippen molar-refractivity contribution in [2.75, 3.05) is 42.9 Å². The lowest BCUT2D eigenvalue weighted by Gasteiger charge is -2.38. The second-order valence-electron chi connectivity index (χ2n) is 6.77. The number of benzene rings is 1. The molecule has 0 unspecified atom stereocenters. The fourth-order valence-electron chi connectivity index (χ4n) is 2.79. The summed E-state index contributed by atoms with van der Waals surface area (Å²) in [5.41, 5.74) is 2.59. The summed E-state index contributed by atoms with van der Waals surface area (Å²) in [6, 6.07) is 9.60. The zero-order valence-corrected chi connectivity index (χ0v) is 14.1. The topological polar surface area (TPSA) is 18.5 Å². The van der Waals surface area contributed by atoms with E-state index in [1.54, 1.807) is 0 Å². The first kappa shape index (κ1) is 16.2. The SMILES string of the molecule is CC(C)CCNc1ccc(N2CCN(C(C)C)CC2)cc1. The molecule has 0 aliphatic carbocycles. The lowest BCUT2D eigenvalue weighted by molar-refractivity contribution is 0.209. The highest BCUT2D eigenvalue weighted by Gasteiger charge is 2.18. The lowest BCUT2D eigenvalue weighted by Crippen LogP contribution is -2.48. The molecule has 118 valence electrons. The van der Waals surface area contributed by atoms with Crippen molar-refractivity contribution in [2.24, 2.45) is 5.92 Å². The normalized spacial score (nSPS) is 16.8. The third-order valence-electron chi connectivity index (χ3n) is 4.33. The molecule has 1 heterocycles. The van der Waals surface area contributed by atoms with E-state index < -0.39 is 0 Å². The van der Waals surface area contributed by atoms with Gasteiger partial charge in [0.1, 0.15) is 0 Å². The molecule has 0 aromatic heterocycles. The third-order valence-corrected chi connectivity index (χ3v) is 4.33. The van der Waals surface area contributed by atoms with Crippen LogP contribution in [-0.4, -0.2) is 43.7 Å². The van der Waals surface area contributed by atoms with Crippen molar-refractivity contribution >= 4 is 11.4 Å². The fourth-order valence-corrected chi connectivity index (χ4v) is 2.79. The van der Waals surface area contributed by atoms with Crippen molar-refractivity contribution in [3.63, 3.8) is 0 Å². The largest absolute Gasteiger partial charge is 0.385 e. The number of hydrogen-bond donors (Lipinski definition) is 1. The Bertz CT molecular complexity index is 403. The second-order valence-corrected chi connectivity index (χ2v) is 6.77. The molecule has 0 spiro atoms. The van der Waals surface area contributed by atoms with Crippen LogP contribution in [0.15, 0.2) is 24.3 Å². The van der Waals surface area contributed by atoms with Crippen LogP contribution in [0.2, 0.25) is 0 Å². The van der Waals surface area contributed by atoms with E-state index in [1.165, 1.54) is 30.9 Å². The van der Waals surface area contributed by atoms with Crippen molar-refractivity contribution in [1.82, 2.24) is 4.90 Å². The molecule has 3 heteroatoms. The van der Waals surface area contributed by atoms with Gasteiger partial charge in [-0.3, -0.25) is 4.90 Å². The Morgan fingerprint density at radius 2 is 1.57 bits per heavy atom. The van der Waals surface area contributed by atoms with E-state index in [0.717, 1.165) is 25.6 Å². The van der Waals surface area contributed by atoms with E-state index in [-0.39, 0.29) is 0 Å². The molecule has 0 saturated carbocycles. The van der Waals surface area contributed by atoms with Crippen molar-refractivity contribution in [1.29, 1.82) is 0 Å². The van der Waals surface area contributed by atoms with Crippen LogP contribution in [0.1, 0.15) is 34.1 Å². The van der Waals surface area contributed by atoms with E-state index in [4.69, 9.17) is 0 Å². The molecule has 0 radical (unpaired) electrons. The zero-order valence-electron chi connectivity index (χ0n) is 14.1. The molecule has 2 rings (SSSR count). The van der Waals surface area contributed by atoms with Crippen LogP contribution in [0, 0.1) is 5.92 Å². The van der Waals surface area contributed by atoms with E-state index in [0.29, 0.717) is 6.04 Å². The first-order chi connectivity index (χ1) is 10.1. The van der Waals surface area contributed by atoms with Gasteiger partial charge in [0.15, 0.2) is 0 Å². The summed E-state index contributed by atoms with van der Waals surface area (Å²) >= 11 is 0. The van der Waals surface area contributed by atoms with Gasteiger partial charge in [-0.2, -0.15) is 0 Å². The van der Waals surface area contributed by atoms with Crippen molar-refractivity contribution in [3.05, 3.63) is 24.3 Å². The summed E-state index contributed by atoms with van der Waals surface area (Å²) in [6.07, 6.45) is 1.22. The number of rotatable bonds is 6. The van der Waals surface area contributed by atoms with Crippen molar-refractivity contribution < 1.29 is 0 Å². The highest BCUT2D eigenvalue weighted by atomic mass is 15.3. The maximum Gasteiger partial charge on any atom is 0.0368 e. The minimum Gasteiger partial charge on any atom is -0.385 e. The molecule has 0 atom stereocenters. The first-order valence-corrected chi connectivity index (χ1v) is 8.39. The molecule has 1 fully saturated rings. The minimum atomic E-state index is 0.666. The maximum atomic E-state index is 3.50. The Balaban J connectivity index is 1.82. The highest BCUT2D eigenvalue weighted by Crippen LogP contribution is 2.20. The molecule has 1 saturated heterocycles. The van der Waals surface area contributed by atoms with Gasteiger partial charge in [0.25, 0.3) is 0 Å². The number of anilines is 2. The predicted molar refractivity (Wildman–Crippen MR) is 93.3 cm³/mol. The molecule has 0 amide bonds.